The minimum Gasteiger partial charge on any atom is -0.147 e. The van der Waals surface area contributed by atoms with E-state index >= 15 is 0 Å². The molecule has 0 saturated heterocycles. The zero-order chi connectivity index (χ0) is 8.77. The van der Waals surface area contributed by atoms with Crippen molar-refractivity contribution in [3.05, 3.63) is 34.8 Å². The van der Waals surface area contributed by atoms with Gasteiger partial charge >= 0.3 is 83.5 Å². The van der Waals surface area contributed by atoms with Gasteiger partial charge in [-0.15, -0.1) is 24.8 Å². The molecule has 0 saturated carbocycles. The van der Waals surface area contributed by atoms with Gasteiger partial charge in [0, 0.05) is 0 Å². The summed E-state index contributed by atoms with van der Waals surface area (Å²) in [4.78, 5) is 4.63. The van der Waals surface area contributed by atoms with Gasteiger partial charge in [0.15, 0.2) is 0 Å². The summed E-state index contributed by atoms with van der Waals surface area (Å²) >= 11 is 2.16. The summed E-state index contributed by atoms with van der Waals surface area (Å²) in [6.45, 7) is 4.32. The van der Waals surface area contributed by atoms with Gasteiger partial charge in [-0.1, -0.05) is 0 Å². The van der Waals surface area contributed by atoms with E-state index in [2.05, 4.69) is 57.5 Å². The van der Waals surface area contributed by atoms with Crippen molar-refractivity contribution < 1.29 is 20.4 Å². The first-order valence-electron chi connectivity index (χ1n) is 4.02. The van der Waals surface area contributed by atoms with Crippen molar-refractivity contribution in [3.63, 3.8) is 0 Å². The topological polar surface area (TPSA) is 12.4 Å². The summed E-state index contributed by atoms with van der Waals surface area (Å²) in [5.74, 6) is 0. The van der Waals surface area contributed by atoms with E-state index in [-0.39, 0.29) is 28.7 Å². The molecular formula is C10H12Cl2NTi. The first-order valence-corrected chi connectivity index (χ1v) is 4.81. The van der Waals surface area contributed by atoms with Crippen molar-refractivity contribution in [2.24, 2.45) is 4.99 Å². The van der Waals surface area contributed by atoms with Gasteiger partial charge < -0.3 is 0 Å². The predicted molar refractivity (Wildman–Crippen MR) is 59.2 cm³/mol. The maximum Gasteiger partial charge on any atom is -0.147 e. The van der Waals surface area contributed by atoms with Crippen molar-refractivity contribution in [1.82, 2.24) is 0 Å². The van der Waals surface area contributed by atoms with E-state index in [1.165, 1.54) is 10.8 Å². The van der Waals surface area contributed by atoms with Crippen LogP contribution in [0.5, 0.6) is 0 Å². The van der Waals surface area contributed by atoms with Gasteiger partial charge in [-0.3, -0.25) is 0 Å². The summed E-state index contributed by atoms with van der Waals surface area (Å²) in [7, 11) is 0. The molecule has 0 amide bonds. The maximum absolute atomic E-state index is 4.63. The van der Waals surface area contributed by atoms with Crippen molar-refractivity contribution in [2.75, 3.05) is 0 Å². The zero-order valence-corrected chi connectivity index (χ0v) is 11.3. The first kappa shape index (κ1) is 14.2. The Morgan fingerprint density at radius 1 is 1.21 bits per heavy atom. The second kappa shape index (κ2) is 4.80. The largest absolute Gasteiger partial charge is 0.147 e. The summed E-state index contributed by atoms with van der Waals surface area (Å²) in [5, 5.41) is 2.45. The van der Waals surface area contributed by atoms with Crippen LogP contribution >= 0.6 is 24.8 Å². The SMILES string of the molecule is CC1=c2ccccc2=N[C]1(C)[Ti].Cl.Cl. The average molecular weight is 265 g/mol. The molecule has 1 nitrogen and oxygen atoms in total. The van der Waals surface area contributed by atoms with Crippen LogP contribution in [0, 0.1) is 0 Å². The summed E-state index contributed by atoms with van der Waals surface area (Å²) in [5.41, 5.74) is 1.37. The van der Waals surface area contributed by atoms with Gasteiger partial charge in [-0.05, 0) is 0 Å². The molecule has 0 fully saturated rings. The molecule has 0 spiro atoms. The van der Waals surface area contributed by atoms with E-state index in [0.717, 1.165) is 5.36 Å². The third-order valence-corrected chi connectivity index (χ3v) is 3.14. The van der Waals surface area contributed by atoms with Crippen LogP contribution in [0.3, 0.4) is 0 Å². The Kier molecular flexibility index (Phi) is 4.87. The predicted octanol–water partition coefficient (Wildman–Crippen LogP) is 1.60. The van der Waals surface area contributed by atoms with E-state index in [9.17, 15) is 0 Å². The number of rotatable bonds is 0. The number of hydrogen-bond donors (Lipinski definition) is 0. The van der Waals surface area contributed by atoms with E-state index in [1.807, 2.05) is 6.07 Å². The van der Waals surface area contributed by atoms with Crippen LogP contribution in [0.2, 0.25) is 0 Å². The molecule has 0 bridgehead atoms. The van der Waals surface area contributed by atoms with E-state index < -0.39 is 0 Å². The van der Waals surface area contributed by atoms with Crippen LogP contribution in [-0.2, 0) is 20.4 Å². The summed E-state index contributed by atoms with van der Waals surface area (Å²) in [6, 6.07) is 8.33. The van der Waals surface area contributed by atoms with Gasteiger partial charge in [-0.25, -0.2) is 0 Å². The summed E-state index contributed by atoms with van der Waals surface area (Å²) < 4.78 is 0.00366. The van der Waals surface area contributed by atoms with Crippen molar-refractivity contribution in [1.29, 1.82) is 0 Å². The fourth-order valence-electron chi connectivity index (χ4n) is 1.48. The average Bonchev–Trinajstić information content (AvgIpc) is 2.24. The smallest absolute Gasteiger partial charge is 0.147 e. The maximum atomic E-state index is 4.63. The molecule has 1 atom stereocenters. The van der Waals surface area contributed by atoms with Crippen LogP contribution < -0.4 is 10.6 Å². The van der Waals surface area contributed by atoms with Crippen LogP contribution in [0.15, 0.2) is 29.3 Å². The molecule has 1 aromatic rings. The number of fused-ring (bicyclic) bond motifs is 1. The molecule has 2 rings (SSSR count). The van der Waals surface area contributed by atoms with Gasteiger partial charge in [0.1, 0.15) is 0 Å². The molecule has 0 radical (unpaired) electrons. The Morgan fingerprint density at radius 3 is 2.36 bits per heavy atom. The third-order valence-electron chi connectivity index (χ3n) is 2.38. The van der Waals surface area contributed by atoms with Crippen LogP contribution in [0.4, 0.5) is 0 Å². The number of hydrogen-bond acceptors (Lipinski definition) is 1. The van der Waals surface area contributed by atoms with Crippen LogP contribution in [-0.4, -0.2) is 3.84 Å². The van der Waals surface area contributed by atoms with Gasteiger partial charge in [-0.2, -0.15) is 0 Å². The van der Waals surface area contributed by atoms with Gasteiger partial charge in [0.05, 0.1) is 0 Å². The molecule has 1 aromatic carbocycles. The normalized spacial score (nSPS) is 22.8. The fraction of sp³-hybridized carbons (Fsp3) is 0.300. The van der Waals surface area contributed by atoms with Gasteiger partial charge in [0.25, 0.3) is 0 Å². The second-order valence-corrected chi connectivity index (χ2v) is 4.85. The molecule has 1 heterocycles. The first-order chi connectivity index (χ1) is 5.61. The molecule has 0 aromatic heterocycles. The second-order valence-electron chi connectivity index (χ2n) is 3.33. The zero-order valence-electron chi connectivity index (χ0n) is 8.07. The van der Waals surface area contributed by atoms with E-state index in [0.29, 0.717) is 0 Å². The van der Waals surface area contributed by atoms with Crippen molar-refractivity contribution >= 4 is 30.4 Å². The van der Waals surface area contributed by atoms with Crippen molar-refractivity contribution in [2.45, 2.75) is 17.7 Å². The Balaban J connectivity index is 0.000000845. The Morgan fingerprint density at radius 2 is 1.79 bits per heavy atom. The number of halogens is 2. The number of benzene rings is 1. The number of para-hydroxylation sites is 1. The minimum absolute atomic E-state index is 0. The molecule has 1 unspecified atom stereocenters. The molecule has 4 heteroatoms. The quantitative estimate of drug-likeness (QED) is 0.632. The summed E-state index contributed by atoms with van der Waals surface area (Å²) in [6.07, 6.45) is 0. The Bertz CT molecular complexity index is 440. The minimum atomic E-state index is 0. The fourth-order valence-corrected chi connectivity index (χ4v) is 1.87. The Labute approximate surface area is 108 Å². The molecular weight excluding hydrogens is 253 g/mol. The molecule has 1 aliphatic heterocycles. The molecule has 14 heavy (non-hydrogen) atoms. The third kappa shape index (κ3) is 2.22. The van der Waals surface area contributed by atoms with Gasteiger partial charge in [0.2, 0.25) is 0 Å². The number of nitrogens with zero attached hydrogens (tertiary/aromatic N) is 1. The van der Waals surface area contributed by atoms with Crippen molar-refractivity contribution in [3.8, 4) is 0 Å². The Hall–Kier alpha value is 0.184. The molecule has 0 aliphatic carbocycles. The molecule has 0 N–H and O–H groups in total. The van der Waals surface area contributed by atoms with E-state index in [1.54, 1.807) is 0 Å². The van der Waals surface area contributed by atoms with Crippen LogP contribution in [0.1, 0.15) is 13.8 Å². The molecule has 75 valence electrons. The van der Waals surface area contributed by atoms with Crippen LogP contribution in [0.25, 0.3) is 5.57 Å². The van der Waals surface area contributed by atoms with E-state index in [4.69, 9.17) is 0 Å². The molecule has 1 aliphatic rings. The monoisotopic (exact) mass is 264 g/mol. The standard InChI is InChI=1S/C10H10N.2ClH.Ti/c1-7-8(2)11-10-6-4-3-5-9(7)10;;;/h3-6H,1-2H3;2*1H;.